The van der Waals surface area contributed by atoms with Gasteiger partial charge in [-0.1, -0.05) is 0 Å². The molecule has 0 aromatic rings. The Morgan fingerprint density at radius 2 is 1.93 bits per heavy atom. The Morgan fingerprint density at radius 1 is 1.21 bits per heavy atom. The van der Waals surface area contributed by atoms with Crippen molar-refractivity contribution in [3.05, 3.63) is 0 Å². The van der Waals surface area contributed by atoms with Gasteiger partial charge in [0.1, 0.15) is 0 Å². The van der Waals surface area contributed by atoms with Gasteiger partial charge in [-0.05, 0) is 31.6 Å². The fourth-order valence-corrected chi connectivity index (χ4v) is 5.03. The van der Waals surface area contributed by atoms with E-state index in [4.69, 9.17) is 5.73 Å². The second kappa shape index (κ2) is 2.71. The van der Waals surface area contributed by atoms with Gasteiger partial charge in [-0.3, -0.25) is 0 Å². The fourth-order valence-electron chi connectivity index (χ4n) is 2.87. The maximum atomic E-state index is 12.0. The molecule has 80 valence electrons. The molecule has 0 aromatic heterocycles. The van der Waals surface area contributed by atoms with Crippen LogP contribution in [0.2, 0.25) is 0 Å². The monoisotopic (exact) mass is 216 g/mol. The van der Waals surface area contributed by atoms with Gasteiger partial charge in [0.05, 0.1) is 5.25 Å². The van der Waals surface area contributed by atoms with Crippen LogP contribution in [-0.2, 0) is 10.0 Å². The van der Waals surface area contributed by atoms with E-state index < -0.39 is 10.0 Å². The normalized spacial score (nSPS) is 43.4. The highest BCUT2D eigenvalue weighted by molar-refractivity contribution is 7.90. The number of nitrogens with two attached hydrogens (primary N) is 1. The van der Waals surface area contributed by atoms with Gasteiger partial charge in [0.2, 0.25) is 10.0 Å². The molecule has 4 nitrogen and oxygen atoms in total. The highest BCUT2D eigenvalue weighted by Crippen LogP contribution is 2.42. The molecule has 1 aliphatic heterocycles. The summed E-state index contributed by atoms with van der Waals surface area (Å²) in [7, 11) is -2.98. The SMILES string of the molecule is NC1CC2CC1N(S(=O)(=O)C1CC1)C2. The first-order valence-corrected chi connectivity index (χ1v) is 6.85. The highest BCUT2D eigenvalue weighted by Gasteiger charge is 2.52. The van der Waals surface area contributed by atoms with E-state index in [0.29, 0.717) is 5.92 Å². The zero-order valence-corrected chi connectivity index (χ0v) is 8.91. The van der Waals surface area contributed by atoms with Crippen LogP contribution in [0.1, 0.15) is 25.7 Å². The minimum Gasteiger partial charge on any atom is -0.326 e. The number of fused-ring (bicyclic) bond motifs is 2. The van der Waals surface area contributed by atoms with E-state index >= 15 is 0 Å². The third-order valence-corrected chi connectivity index (χ3v) is 6.14. The lowest BCUT2D eigenvalue weighted by molar-refractivity contribution is 0.301. The lowest BCUT2D eigenvalue weighted by Crippen LogP contribution is -2.49. The molecular weight excluding hydrogens is 200 g/mol. The van der Waals surface area contributed by atoms with E-state index in [9.17, 15) is 8.42 Å². The molecule has 2 bridgehead atoms. The molecule has 5 heteroatoms. The van der Waals surface area contributed by atoms with E-state index in [1.807, 2.05) is 0 Å². The van der Waals surface area contributed by atoms with Crippen LogP contribution in [0.25, 0.3) is 0 Å². The summed E-state index contributed by atoms with van der Waals surface area (Å²) in [6, 6.07) is 0.202. The van der Waals surface area contributed by atoms with E-state index in [2.05, 4.69) is 0 Å². The average molecular weight is 216 g/mol. The number of sulfonamides is 1. The Balaban J connectivity index is 1.87. The number of hydrogen-bond donors (Lipinski definition) is 1. The van der Waals surface area contributed by atoms with Crippen LogP contribution in [0.15, 0.2) is 0 Å². The van der Waals surface area contributed by atoms with Crippen molar-refractivity contribution in [1.82, 2.24) is 4.31 Å². The van der Waals surface area contributed by atoms with Gasteiger partial charge in [0.15, 0.2) is 0 Å². The van der Waals surface area contributed by atoms with E-state index in [1.165, 1.54) is 0 Å². The first kappa shape index (κ1) is 9.12. The van der Waals surface area contributed by atoms with E-state index in [1.54, 1.807) is 4.31 Å². The second-order valence-electron chi connectivity index (χ2n) is 4.88. The van der Waals surface area contributed by atoms with Crippen LogP contribution in [0, 0.1) is 5.92 Å². The molecule has 3 rings (SSSR count). The van der Waals surface area contributed by atoms with Gasteiger partial charge < -0.3 is 5.73 Å². The summed E-state index contributed by atoms with van der Waals surface area (Å²) >= 11 is 0. The van der Waals surface area contributed by atoms with Gasteiger partial charge in [-0.15, -0.1) is 0 Å². The Morgan fingerprint density at radius 3 is 2.43 bits per heavy atom. The van der Waals surface area contributed by atoms with Crippen LogP contribution >= 0.6 is 0 Å². The number of rotatable bonds is 2. The zero-order valence-electron chi connectivity index (χ0n) is 8.09. The van der Waals surface area contributed by atoms with E-state index in [-0.39, 0.29) is 17.3 Å². The Bertz CT molecular complexity index is 350. The molecule has 3 atom stereocenters. The molecule has 3 unspecified atom stereocenters. The third-order valence-electron chi connectivity index (χ3n) is 3.76. The molecule has 0 spiro atoms. The van der Waals surface area contributed by atoms with Crippen molar-refractivity contribution in [2.45, 2.75) is 43.0 Å². The van der Waals surface area contributed by atoms with Gasteiger partial charge in [-0.25, -0.2) is 8.42 Å². The van der Waals surface area contributed by atoms with Crippen LogP contribution in [0.4, 0.5) is 0 Å². The molecule has 2 aliphatic carbocycles. The lowest BCUT2D eigenvalue weighted by Gasteiger charge is -2.30. The highest BCUT2D eigenvalue weighted by atomic mass is 32.2. The summed E-state index contributed by atoms with van der Waals surface area (Å²) in [6.07, 6.45) is 3.71. The number of piperidine rings is 1. The molecule has 3 fully saturated rings. The molecule has 3 aliphatic rings. The minimum atomic E-state index is -2.98. The van der Waals surface area contributed by atoms with Crippen molar-refractivity contribution in [3.63, 3.8) is 0 Å². The minimum absolute atomic E-state index is 0.0750. The Kier molecular flexibility index (Phi) is 1.77. The first-order chi connectivity index (χ1) is 6.59. The van der Waals surface area contributed by atoms with Gasteiger partial charge in [0, 0.05) is 18.6 Å². The van der Waals surface area contributed by atoms with Gasteiger partial charge in [-0.2, -0.15) is 4.31 Å². The molecule has 0 amide bonds. The predicted octanol–water partition coefficient (Wildman–Crippen LogP) is -0.0999. The molecule has 2 saturated carbocycles. The van der Waals surface area contributed by atoms with E-state index in [0.717, 1.165) is 32.2 Å². The largest absolute Gasteiger partial charge is 0.326 e. The summed E-state index contributed by atoms with van der Waals surface area (Å²) in [6.45, 7) is 0.733. The fraction of sp³-hybridized carbons (Fsp3) is 1.00. The van der Waals surface area contributed by atoms with Gasteiger partial charge in [0.25, 0.3) is 0 Å². The van der Waals surface area contributed by atoms with Crippen molar-refractivity contribution in [2.75, 3.05) is 6.54 Å². The van der Waals surface area contributed by atoms with Crippen LogP contribution < -0.4 is 5.73 Å². The van der Waals surface area contributed by atoms with Crippen molar-refractivity contribution >= 4 is 10.0 Å². The summed E-state index contributed by atoms with van der Waals surface area (Å²) < 4.78 is 25.7. The Hall–Kier alpha value is -0.130. The number of nitrogens with zero attached hydrogens (tertiary/aromatic N) is 1. The zero-order chi connectivity index (χ0) is 9.92. The second-order valence-corrected chi connectivity index (χ2v) is 7.05. The van der Waals surface area contributed by atoms with Crippen molar-refractivity contribution in [3.8, 4) is 0 Å². The quantitative estimate of drug-likeness (QED) is 0.701. The maximum absolute atomic E-state index is 12.0. The molecule has 0 aromatic carbocycles. The Labute approximate surface area is 84.5 Å². The topological polar surface area (TPSA) is 63.4 Å². The number of hydrogen-bond acceptors (Lipinski definition) is 3. The summed E-state index contributed by atoms with van der Waals surface area (Å²) in [4.78, 5) is 0. The first-order valence-electron chi connectivity index (χ1n) is 5.35. The molecule has 1 saturated heterocycles. The molecule has 0 radical (unpaired) electrons. The van der Waals surface area contributed by atoms with Crippen molar-refractivity contribution in [2.24, 2.45) is 11.7 Å². The van der Waals surface area contributed by atoms with Crippen LogP contribution in [-0.4, -0.2) is 36.6 Å². The van der Waals surface area contributed by atoms with Crippen LogP contribution in [0.3, 0.4) is 0 Å². The summed E-state index contributed by atoms with van der Waals surface area (Å²) in [5.41, 5.74) is 5.92. The molecule has 2 N–H and O–H groups in total. The van der Waals surface area contributed by atoms with Gasteiger partial charge >= 0.3 is 0 Å². The average Bonchev–Trinajstić information content (AvgIpc) is 2.81. The van der Waals surface area contributed by atoms with Crippen LogP contribution in [0.5, 0.6) is 0 Å². The molecule has 14 heavy (non-hydrogen) atoms. The van der Waals surface area contributed by atoms with Crippen molar-refractivity contribution in [1.29, 1.82) is 0 Å². The standard InChI is InChI=1S/C9H16N2O2S/c10-8-3-6-4-9(8)11(5-6)14(12,13)7-1-2-7/h6-9H,1-5,10H2. The lowest BCUT2D eigenvalue weighted by atomic mass is 10.1. The smallest absolute Gasteiger partial charge is 0.217 e. The van der Waals surface area contributed by atoms with Crippen molar-refractivity contribution < 1.29 is 8.42 Å². The predicted molar refractivity (Wildman–Crippen MR) is 53.1 cm³/mol. The third kappa shape index (κ3) is 1.15. The molecular formula is C9H16N2O2S. The molecule has 1 heterocycles. The summed E-state index contributed by atoms with van der Waals surface area (Å²) in [5.74, 6) is 0.531. The summed E-state index contributed by atoms with van der Waals surface area (Å²) in [5, 5.41) is -0.0750. The maximum Gasteiger partial charge on any atom is 0.217 e.